The first kappa shape index (κ1) is 11.7. The number of aliphatic carboxylic acids is 1. The van der Waals surface area contributed by atoms with Gasteiger partial charge in [0.15, 0.2) is 0 Å². The fraction of sp³-hybridized carbons (Fsp3) is 0.533. The standard InChI is InChI=1S/C15H21NO2/c17-15(18)14(11-12-7-3-1-4-8-12)16-13-9-5-2-6-10-13/h1,3-4,7-8,13-14,16H,2,5-6,9-11H2,(H,17,18)/t14-/m0/s1/i13D. The fourth-order valence-corrected chi connectivity index (χ4v) is 2.42. The summed E-state index contributed by atoms with van der Waals surface area (Å²) in [6.07, 6.45) is 5.08. The molecule has 0 amide bonds. The maximum Gasteiger partial charge on any atom is 0.321 e. The van der Waals surface area contributed by atoms with Crippen LogP contribution in [0.25, 0.3) is 0 Å². The van der Waals surface area contributed by atoms with E-state index in [1.165, 1.54) is 0 Å². The predicted octanol–water partition coefficient (Wildman–Crippen LogP) is 2.60. The molecule has 98 valence electrons. The van der Waals surface area contributed by atoms with Gasteiger partial charge in [-0.15, -0.1) is 0 Å². The van der Waals surface area contributed by atoms with Gasteiger partial charge in [0.05, 0.1) is 0 Å². The zero-order chi connectivity index (χ0) is 13.7. The quantitative estimate of drug-likeness (QED) is 0.842. The molecule has 0 saturated heterocycles. The number of rotatable bonds is 5. The molecule has 1 aliphatic rings. The van der Waals surface area contributed by atoms with Crippen molar-refractivity contribution in [1.29, 1.82) is 0 Å². The summed E-state index contributed by atoms with van der Waals surface area (Å²) >= 11 is 0. The number of benzene rings is 1. The first-order chi connectivity index (χ1) is 9.09. The third-order valence-corrected chi connectivity index (χ3v) is 3.42. The minimum absolute atomic E-state index is 0.427. The molecule has 0 aromatic heterocycles. The Morgan fingerprint density at radius 2 is 2.00 bits per heavy atom. The van der Waals surface area contributed by atoms with E-state index in [9.17, 15) is 9.90 Å². The molecular formula is C15H21NO2. The predicted molar refractivity (Wildman–Crippen MR) is 71.6 cm³/mol. The zero-order valence-electron chi connectivity index (χ0n) is 11.6. The molecule has 0 radical (unpaired) electrons. The molecule has 0 bridgehead atoms. The molecule has 0 unspecified atom stereocenters. The summed E-state index contributed by atoms with van der Waals surface area (Å²) in [6.45, 7) is 0. The van der Waals surface area contributed by atoms with E-state index >= 15 is 0 Å². The van der Waals surface area contributed by atoms with Gasteiger partial charge in [0.2, 0.25) is 0 Å². The van der Waals surface area contributed by atoms with Crippen LogP contribution in [-0.2, 0) is 11.2 Å². The molecule has 1 aliphatic carbocycles. The lowest BCUT2D eigenvalue weighted by molar-refractivity contribution is -0.139. The topological polar surface area (TPSA) is 49.3 Å². The highest BCUT2D eigenvalue weighted by Gasteiger charge is 2.22. The average Bonchev–Trinajstić information content (AvgIpc) is 2.39. The van der Waals surface area contributed by atoms with Crippen molar-refractivity contribution in [2.75, 3.05) is 0 Å². The second-order valence-electron chi connectivity index (χ2n) is 4.89. The fourth-order valence-electron chi connectivity index (χ4n) is 2.42. The molecule has 0 spiro atoms. The maximum absolute atomic E-state index is 11.4. The van der Waals surface area contributed by atoms with E-state index in [2.05, 4.69) is 5.32 Å². The number of carboxylic acid groups (broad SMARTS) is 1. The smallest absolute Gasteiger partial charge is 0.321 e. The van der Waals surface area contributed by atoms with Crippen molar-refractivity contribution in [2.45, 2.75) is 50.6 Å². The van der Waals surface area contributed by atoms with Crippen LogP contribution in [0, 0.1) is 0 Å². The van der Waals surface area contributed by atoms with E-state index in [4.69, 9.17) is 1.37 Å². The Labute approximate surface area is 110 Å². The molecule has 1 aromatic rings. The molecule has 2 rings (SSSR count). The van der Waals surface area contributed by atoms with Crippen molar-refractivity contribution in [3.63, 3.8) is 0 Å². The number of carbonyl (C=O) groups is 1. The molecule has 0 aliphatic heterocycles. The van der Waals surface area contributed by atoms with Crippen molar-refractivity contribution in [2.24, 2.45) is 0 Å². The average molecular weight is 248 g/mol. The SMILES string of the molecule is [2H]C1(N[C@@H](Cc2ccccc2)C(=O)O)CCCCC1. The van der Waals surface area contributed by atoms with Gasteiger partial charge in [-0.05, 0) is 24.8 Å². The summed E-state index contributed by atoms with van der Waals surface area (Å²) in [5.74, 6) is -0.874. The van der Waals surface area contributed by atoms with Gasteiger partial charge in [-0.25, -0.2) is 0 Å². The Morgan fingerprint density at radius 3 is 2.61 bits per heavy atom. The molecule has 18 heavy (non-hydrogen) atoms. The molecule has 3 nitrogen and oxygen atoms in total. The van der Waals surface area contributed by atoms with Crippen LogP contribution in [0.5, 0.6) is 0 Å². The summed E-state index contributed by atoms with van der Waals surface area (Å²) < 4.78 is 8.34. The van der Waals surface area contributed by atoms with Gasteiger partial charge >= 0.3 is 5.97 Å². The third-order valence-electron chi connectivity index (χ3n) is 3.42. The summed E-state index contributed by atoms with van der Waals surface area (Å²) in [7, 11) is 0. The molecule has 0 heterocycles. The van der Waals surface area contributed by atoms with Crippen LogP contribution in [-0.4, -0.2) is 23.1 Å². The number of hydrogen-bond acceptors (Lipinski definition) is 2. The van der Waals surface area contributed by atoms with Crippen LogP contribution in [0.4, 0.5) is 0 Å². The van der Waals surface area contributed by atoms with Gasteiger partial charge in [-0.3, -0.25) is 4.79 Å². The summed E-state index contributed by atoms with van der Waals surface area (Å²) in [5.41, 5.74) is 0.988. The van der Waals surface area contributed by atoms with Gasteiger partial charge in [-0.2, -0.15) is 0 Å². The van der Waals surface area contributed by atoms with Gasteiger partial charge in [0.25, 0.3) is 0 Å². The second kappa shape index (κ2) is 6.55. The third kappa shape index (κ3) is 3.84. The number of carboxylic acids is 1. The minimum atomic E-state index is -0.874. The van der Waals surface area contributed by atoms with Crippen molar-refractivity contribution < 1.29 is 11.3 Å². The van der Waals surface area contributed by atoms with Crippen LogP contribution < -0.4 is 5.32 Å². The largest absolute Gasteiger partial charge is 0.480 e. The molecule has 1 fully saturated rings. The van der Waals surface area contributed by atoms with Crippen molar-refractivity contribution >= 4 is 5.97 Å². The highest BCUT2D eigenvalue weighted by atomic mass is 16.4. The monoisotopic (exact) mass is 248 g/mol. The first-order valence-electron chi connectivity index (χ1n) is 7.13. The molecule has 2 N–H and O–H groups in total. The van der Waals surface area contributed by atoms with Crippen LogP contribution in [0.15, 0.2) is 30.3 Å². The van der Waals surface area contributed by atoms with Crippen LogP contribution in [0.1, 0.15) is 39.0 Å². The van der Waals surface area contributed by atoms with Crippen LogP contribution in [0.2, 0.25) is 0 Å². The zero-order valence-corrected chi connectivity index (χ0v) is 10.6. The van der Waals surface area contributed by atoms with E-state index in [1.54, 1.807) is 0 Å². The second-order valence-corrected chi connectivity index (χ2v) is 4.89. The van der Waals surface area contributed by atoms with Crippen molar-refractivity contribution in [3.8, 4) is 0 Å². The van der Waals surface area contributed by atoms with Crippen molar-refractivity contribution in [1.82, 2.24) is 5.32 Å². The van der Waals surface area contributed by atoms with E-state index in [0.29, 0.717) is 6.42 Å². The summed E-state index contributed by atoms with van der Waals surface area (Å²) in [5, 5.41) is 12.4. The lowest BCUT2D eigenvalue weighted by Crippen LogP contribution is -2.45. The minimum Gasteiger partial charge on any atom is -0.480 e. The molecule has 1 saturated carbocycles. The lowest BCUT2D eigenvalue weighted by atomic mass is 9.94. The Bertz CT molecular complexity index is 415. The van der Waals surface area contributed by atoms with Crippen LogP contribution >= 0.6 is 0 Å². The van der Waals surface area contributed by atoms with E-state index < -0.39 is 18.0 Å². The van der Waals surface area contributed by atoms with Crippen molar-refractivity contribution in [3.05, 3.63) is 35.9 Å². The number of hydrogen-bond donors (Lipinski definition) is 2. The van der Waals surface area contributed by atoms with Gasteiger partial charge in [0, 0.05) is 7.39 Å². The van der Waals surface area contributed by atoms with Gasteiger partial charge in [-0.1, -0.05) is 49.6 Å². The molecule has 3 heteroatoms. The Morgan fingerprint density at radius 1 is 1.33 bits per heavy atom. The van der Waals surface area contributed by atoms with Gasteiger partial charge in [0.1, 0.15) is 6.04 Å². The van der Waals surface area contributed by atoms with E-state index in [1.807, 2.05) is 30.3 Å². The Balaban J connectivity index is 2.02. The molecule has 1 aromatic carbocycles. The molecule has 1 atom stereocenters. The van der Waals surface area contributed by atoms with E-state index in [-0.39, 0.29) is 0 Å². The normalized spacial score (nSPS) is 21.0. The Kier molecular flexibility index (Phi) is 4.26. The highest BCUT2D eigenvalue weighted by molar-refractivity contribution is 5.74. The summed E-state index contributed by atoms with van der Waals surface area (Å²) in [6, 6.07) is 8.13. The molecular weight excluding hydrogens is 226 g/mol. The lowest BCUT2D eigenvalue weighted by Gasteiger charge is -2.26. The van der Waals surface area contributed by atoms with E-state index in [0.717, 1.165) is 37.7 Å². The maximum atomic E-state index is 11.4. The van der Waals surface area contributed by atoms with Crippen LogP contribution in [0.3, 0.4) is 0 Å². The van der Waals surface area contributed by atoms with Gasteiger partial charge < -0.3 is 10.4 Å². The summed E-state index contributed by atoms with van der Waals surface area (Å²) in [4.78, 5) is 11.4. The first-order valence-corrected chi connectivity index (χ1v) is 6.63. The number of nitrogens with one attached hydrogen (secondary N) is 1. The Hall–Kier alpha value is -1.35. The highest BCUT2D eigenvalue weighted by Crippen LogP contribution is 2.18.